The van der Waals surface area contributed by atoms with Crippen LogP contribution in [0.25, 0.3) is 10.8 Å². The first-order chi connectivity index (χ1) is 20.0. The van der Waals surface area contributed by atoms with E-state index in [-0.39, 0.29) is 11.7 Å². The molecule has 5 rings (SSSR count). The van der Waals surface area contributed by atoms with Gasteiger partial charge in [0.1, 0.15) is 18.5 Å². The number of hydrogen-bond donors (Lipinski definition) is 4. The van der Waals surface area contributed by atoms with Gasteiger partial charge in [-0.3, -0.25) is 15.2 Å². The van der Waals surface area contributed by atoms with E-state index in [9.17, 15) is 4.79 Å². The smallest absolute Gasteiger partial charge is 0.247 e. The van der Waals surface area contributed by atoms with E-state index < -0.39 is 6.04 Å². The van der Waals surface area contributed by atoms with Crippen LogP contribution < -0.4 is 25.8 Å². The van der Waals surface area contributed by atoms with Crippen molar-refractivity contribution >= 4 is 28.2 Å². The zero-order chi connectivity index (χ0) is 28.6. The number of anilines is 1. The number of benzene rings is 4. The van der Waals surface area contributed by atoms with Crippen LogP contribution in [-0.2, 0) is 17.9 Å². The number of ether oxygens (including phenoxy) is 2. The molecule has 0 fully saturated rings. The average Bonchev–Trinajstić information content (AvgIpc) is 3.02. The highest BCUT2D eigenvalue weighted by molar-refractivity contribution is 5.95. The zero-order valence-electron chi connectivity index (χ0n) is 22.6. The first kappa shape index (κ1) is 27.2. The number of hydrogen-bond acceptors (Lipinski definition) is 6. The number of fused-ring (bicyclic) bond motifs is 1. The normalized spacial score (nSPS) is 11.4. The minimum absolute atomic E-state index is 0.0188. The molecule has 5 aromatic rings. The van der Waals surface area contributed by atoms with Gasteiger partial charge in [0.05, 0.1) is 7.11 Å². The van der Waals surface area contributed by atoms with Gasteiger partial charge in [0, 0.05) is 35.6 Å². The van der Waals surface area contributed by atoms with Crippen molar-refractivity contribution in [2.24, 2.45) is 5.73 Å². The summed E-state index contributed by atoms with van der Waals surface area (Å²) in [5, 5.41) is 16.1. The molecule has 8 heteroatoms. The minimum Gasteiger partial charge on any atom is -0.493 e. The van der Waals surface area contributed by atoms with Crippen LogP contribution in [0.5, 0.6) is 11.5 Å². The molecule has 1 amide bonds. The Kier molecular flexibility index (Phi) is 8.40. The molecule has 1 unspecified atom stereocenters. The molecule has 1 aromatic heterocycles. The number of nitrogens with zero attached hydrogens (tertiary/aromatic N) is 1. The van der Waals surface area contributed by atoms with Crippen LogP contribution in [0.15, 0.2) is 109 Å². The fourth-order valence-corrected chi connectivity index (χ4v) is 4.47. The van der Waals surface area contributed by atoms with Crippen molar-refractivity contribution in [1.82, 2.24) is 10.3 Å². The SMILES string of the molecule is COc1cc(C(Nc2ccc(C(=N)N)cc2)C(=O)NCc2ccccc2)ccc1OCc1ccc2cnccc2c1. The maximum absolute atomic E-state index is 13.5. The summed E-state index contributed by atoms with van der Waals surface area (Å²) in [6, 6.07) is 29.6. The molecular formula is C33H31N5O3. The van der Waals surface area contributed by atoms with Crippen LogP contribution in [0.4, 0.5) is 5.69 Å². The molecular weight excluding hydrogens is 514 g/mol. The highest BCUT2D eigenvalue weighted by Crippen LogP contribution is 2.32. The predicted molar refractivity (Wildman–Crippen MR) is 161 cm³/mol. The quantitative estimate of drug-likeness (QED) is 0.127. The van der Waals surface area contributed by atoms with Crippen LogP contribution in [0, 0.1) is 5.41 Å². The number of nitrogens with one attached hydrogen (secondary N) is 3. The molecule has 0 saturated heterocycles. The van der Waals surface area contributed by atoms with Gasteiger partial charge in [-0.2, -0.15) is 0 Å². The number of nitrogens with two attached hydrogens (primary N) is 1. The number of aromatic nitrogens is 1. The molecule has 206 valence electrons. The van der Waals surface area contributed by atoms with Gasteiger partial charge in [-0.15, -0.1) is 0 Å². The summed E-state index contributed by atoms with van der Waals surface area (Å²) in [7, 11) is 1.58. The van der Waals surface area contributed by atoms with Gasteiger partial charge in [-0.1, -0.05) is 48.5 Å². The molecule has 0 aliphatic rings. The minimum atomic E-state index is -0.723. The number of amides is 1. The standard InChI is InChI=1S/C33H31N5O3/c1-40-30-18-26(11-14-29(30)41-21-23-7-8-27-20-36-16-15-25(27)17-23)31(33(39)37-19-22-5-3-2-4-6-22)38-28-12-9-24(10-13-28)32(34)35/h2-18,20,31,38H,19,21H2,1H3,(H3,34,35)(H,37,39). The van der Waals surface area contributed by atoms with Crippen molar-refractivity contribution in [3.63, 3.8) is 0 Å². The first-order valence-corrected chi connectivity index (χ1v) is 13.2. The monoisotopic (exact) mass is 545 g/mol. The second-order valence-electron chi connectivity index (χ2n) is 9.53. The van der Waals surface area contributed by atoms with Crippen LogP contribution in [0.1, 0.15) is 28.3 Å². The number of rotatable bonds is 11. The van der Waals surface area contributed by atoms with E-state index in [0.29, 0.717) is 41.5 Å². The van der Waals surface area contributed by atoms with Gasteiger partial charge < -0.3 is 25.8 Å². The number of carbonyl (C=O) groups is 1. The summed E-state index contributed by atoms with van der Waals surface area (Å²) in [4.78, 5) is 17.7. The second kappa shape index (κ2) is 12.7. The van der Waals surface area contributed by atoms with Crippen LogP contribution >= 0.6 is 0 Å². The molecule has 0 radical (unpaired) electrons. The molecule has 8 nitrogen and oxygen atoms in total. The average molecular weight is 546 g/mol. The Morgan fingerprint density at radius 3 is 2.46 bits per heavy atom. The van der Waals surface area contributed by atoms with Crippen molar-refractivity contribution in [3.8, 4) is 11.5 Å². The number of methoxy groups -OCH3 is 1. The Morgan fingerprint density at radius 2 is 1.71 bits per heavy atom. The Labute approximate surface area is 238 Å². The van der Waals surface area contributed by atoms with Crippen LogP contribution in [0.3, 0.4) is 0 Å². The van der Waals surface area contributed by atoms with Crippen molar-refractivity contribution in [1.29, 1.82) is 5.41 Å². The second-order valence-corrected chi connectivity index (χ2v) is 9.53. The fraction of sp³-hybridized carbons (Fsp3) is 0.121. The Hall–Kier alpha value is -5.37. The van der Waals surface area contributed by atoms with E-state index in [1.54, 1.807) is 37.6 Å². The lowest BCUT2D eigenvalue weighted by Crippen LogP contribution is -2.33. The molecule has 1 atom stereocenters. The van der Waals surface area contributed by atoms with Gasteiger partial charge >= 0.3 is 0 Å². The molecule has 0 aliphatic carbocycles. The van der Waals surface area contributed by atoms with Gasteiger partial charge in [0.25, 0.3) is 0 Å². The fourth-order valence-electron chi connectivity index (χ4n) is 4.47. The summed E-state index contributed by atoms with van der Waals surface area (Å²) in [6.07, 6.45) is 3.60. The largest absolute Gasteiger partial charge is 0.493 e. The van der Waals surface area contributed by atoms with Crippen molar-refractivity contribution in [2.75, 3.05) is 12.4 Å². The maximum Gasteiger partial charge on any atom is 0.247 e. The molecule has 5 N–H and O–H groups in total. The zero-order valence-corrected chi connectivity index (χ0v) is 22.6. The molecule has 1 heterocycles. The topological polar surface area (TPSA) is 122 Å². The Morgan fingerprint density at radius 1 is 0.902 bits per heavy atom. The third kappa shape index (κ3) is 6.80. The number of pyridine rings is 1. The van der Waals surface area contributed by atoms with E-state index in [1.807, 2.05) is 72.9 Å². The summed E-state index contributed by atoms with van der Waals surface area (Å²) in [5.74, 6) is 0.864. The predicted octanol–water partition coefficient (Wildman–Crippen LogP) is 5.58. The number of carbonyl (C=O) groups excluding carboxylic acids is 1. The third-order valence-electron chi connectivity index (χ3n) is 6.70. The molecule has 4 aromatic carbocycles. The van der Waals surface area contributed by atoms with E-state index in [4.69, 9.17) is 20.6 Å². The molecule has 41 heavy (non-hydrogen) atoms. The third-order valence-corrected chi connectivity index (χ3v) is 6.70. The number of nitrogen functional groups attached to an aromatic ring is 1. The summed E-state index contributed by atoms with van der Waals surface area (Å²) >= 11 is 0. The lowest BCUT2D eigenvalue weighted by atomic mass is 10.0. The Balaban J connectivity index is 1.37. The summed E-state index contributed by atoms with van der Waals surface area (Å²) in [5.41, 5.74) is 9.63. The molecule has 0 spiro atoms. The molecule has 0 aliphatic heterocycles. The van der Waals surface area contributed by atoms with Gasteiger partial charge in [-0.25, -0.2) is 0 Å². The van der Waals surface area contributed by atoms with Gasteiger partial charge in [-0.05, 0) is 70.6 Å². The lowest BCUT2D eigenvalue weighted by molar-refractivity contribution is -0.122. The van der Waals surface area contributed by atoms with E-state index in [1.165, 1.54) is 0 Å². The highest BCUT2D eigenvalue weighted by atomic mass is 16.5. The number of amidine groups is 1. The van der Waals surface area contributed by atoms with E-state index in [2.05, 4.69) is 21.7 Å². The Bertz CT molecular complexity index is 1660. The summed E-state index contributed by atoms with van der Waals surface area (Å²) < 4.78 is 11.8. The highest BCUT2D eigenvalue weighted by Gasteiger charge is 2.22. The van der Waals surface area contributed by atoms with Crippen molar-refractivity contribution in [3.05, 3.63) is 132 Å². The van der Waals surface area contributed by atoms with E-state index in [0.717, 1.165) is 21.9 Å². The van der Waals surface area contributed by atoms with Crippen molar-refractivity contribution < 1.29 is 14.3 Å². The van der Waals surface area contributed by atoms with Gasteiger partial charge in [0.15, 0.2) is 11.5 Å². The first-order valence-electron chi connectivity index (χ1n) is 13.2. The molecule has 0 bridgehead atoms. The lowest BCUT2D eigenvalue weighted by Gasteiger charge is -2.22. The maximum atomic E-state index is 13.5. The van der Waals surface area contributed by atoms with Crippen LogP contribution in [-0.4, -0.2) is 23.8 Å². The van der Waals surface area contributed by atoms with E-state index >= 15 is 0 Å². The summed E-state index contributed by atoms with van der Waals surface area (Å²) in [6.45, 7) is 0.747. The van der Waals surface area contributed by atoms with Crippen LogP contribution in [0.2, 0.25) is 0 Å². The molecule has 0 saturated carbocycles. The van der Waals surface area contributed by atoms with Crippen molar-refractivity contribution in [2.45, 2.75) is 19.2 Å². The van der Waals surface area contributed by atoms with Gasteiger partial charge in [0.2, 0.25) is 5.91 Å².